The Labute approximate surface area is 118 Å². The summed E-state index contributed by atoms with van der Waals surface area (Å²) in [7, 11) is 1.67. The maximum atomic E-state index is 9.28. The van der Waals surface area contributed by atoms with E-state index in [0.717, 1.165) is 55.0 Å². The number of piperidine rings is 1. The first-order chi connectivity index (χ1) is 9.78. The molecule has 0 amide bonds. The molecule has 108 valence electrons. The van der Waals surface area contributed by atoms with E-state index in [1.807, 2.05) is 18.2 Å². The number of benzene rings is 1. The van der Waals surface area contributed by atoms with Crippen molar-refractivity contribution in [2.45, 2.75) is 19.4 Å². The number of hydrogen-bond donors (Lipinski definition) is 1. The number of aliphatic hydroxyl groups excluding tert-OH is 1. The van der Waals surface area contributed by atoms with Gasteiger partial charge in [0.2, 0.25) is 0 Å². The topological polar surface area (TPSA) is 45.8 Å². The van der Waals surface area contributed by atoms with E-state index in [0.29, 0.717) is 5.92 Å². The first-order valence-electron chi connectivity index (χ1n) is 7.18. The third kappa shape index (κ3) is 2.81. The highest BCUT2D eigenvalue weighted by Gasteiger charge is 2.20. The van der Waals surface area contributed by atoms with Crippen LogP contribution in [-0.4, -0.2) is 36.8 Å². The summed E-state index contributed by atoms with van der Waals surface area (Å²) < 4.78 is 11.1. The number of fused-ring (bicyclic) bond motifs is 1. The first kappa shape index (κ1) is 13.5. The fraction of sp³-hybridized carbons (Fsp3) is 0.500. The van der Waals surface area contributed by atoms with Gasteiger partial charge in [-0.2, -0.15) is 0 Å². The van der Waals surface area contributed by atoms with Gasteiger partial charge in [0.15, 0.2) is 0 Å². The molecule has 1 aromatic heterocycles. The van der Waals surface area contributed by atoms with Crippen LogP contribution in [0.3, 0.4) is 0 Å². The number of rotatable bonds is 4. The van der Waals surface area contributed by atoms with Gasteiger partial charge in [-0.25, -0.2) is 0 Å². The summed E-state index contributed by atoms with van der Waals surface area (Å²) >= 11 is 0. The second-order valence-electron chi connectivity index (χ2n) is 5.54. The normalized spacial score (nSPS) is 20.4. The molecule has 1 aliphatic heterocycles. The predicted octanol–water partition coefficient (Wildman–Crippen LogP) is 2.65. The quantitative estimate of drug-likeness (QED) is 0.931. The van der Waals surface area contributed by atoms with Gasteiger partial charge in [-0.15, -0.1) is 0 Å². The molecule has 0 saturated carbocycles. The molecule has 1 N–H and O–H groups in total. The minimum atomic E-state index is 0.286. The zero-order chi connectivity index (χ0) is 13.9. The van der Waals surface area contributed by atoms with Crippen molar-refractivity contribution in [2.75, 3.05) is 26.8 Å². The van der Waals surface area contributed by atoms with E-state index in [-0.39, 0.29) is 6.61 Å². The number of aliphatic hydroxyl groups is 1. The molecule has 1 unspecified atom stereocenters. The van der Waals surface area contributed by atoms with Gasteiger partial charge >= 0.3 is 0 Å². The maximum Gasteiger partial charge on any atom is 0.134 e. The molecular formula is C16H21NO3. The zero-order valence-electron chi connectivity index (χ0n) is 11.8. The summed E-state index contributed by atoms with van der Waals surface area (Å²) in [5, 5.41) is 10.4. The van der Waals surface area contributed by atoms with E-state index in [2.05, 4.69) is 11.0 Å². The minimum Gasteiger partial charge on any atom is -0.497 e. The summed E-state index contributed by atoms with van der Waals surface area (Å²) in [6.07, 6.45) is 2.28. The van der Waals surface area contributed by atoms with Crippen molar-refractivity contribution in [2.24, 2.45) is 5.92 Å². The van der Waals surface area contributed by atoms with Crippen molar-refractivity contribution in [3.05, 3.63) is 30.0 Å². The summed E-state index contributed by atoms with van der Waals surface area (Å²) in [5.41, 5.74) is 0.900. The maximum absolute atomic E-state index is 9.28. The largest absolute Gasteiger partial charge is 0.497 e. The number of hydrogen-bond acceptors (Lipinski definition) is 4. The van der Waals surface area contributed by atoms with Gasteiger partial charge < -0.3 is 14.3 Å². The summed E-state index contributed by atoms with van der Waals surface area (Å²) in [6.45, 7) is 3.13. The third-order valence-corrected chi connectivity index (χ3v) is 4.02. The monoisotopic (exact) mass is 275 g/mol. The van der Waals surface area contributed by atoms with Gasteiger partial charge in [0.25, 0.3) is 0 Å². The molecular weight excluding hydrogens is 254 g/mol. The number of furan rings is 1. The van der Waals surface area contributed by atoms with Gasteiger partial charge in [-0.1, -0.05) is 0 Å². The zero-order valence-corrected chi connectivity index (χ0v) is 11.8. The summed E-state index contributed by atoms with van der Waals surface area (Å²) in [6, 6.07) is 7.94. The van der Waals surface area contributed by atoms with Gasteiger partial charge in [-0.05, 0) is 49.6 Å². The Balaban J connectivity index is 1.74. The molecule has 1 fully saturated rings. The Morgan fingerprint density at radius 3 is 3.10 bits per heavy atom. The number of methoxy groups -OCH3 is 1. The minimum absolute atomic E-state index is 0.286. The van der Waals surface area contributed by atoms with E-state index in [4.69, 9.17) is 9.15 Å². The molecule has 2 aromatic rings. The van der Waals surface area contributed by atoms with E-state index < -0.39 is 0 Å². The van der Waals surface area contributed by atoms with Crippen LogP contribution in [0.25, 0.3) is 11.0 Å². The van der Waals surface area contributed by atoms with Crippen LogP contribution < -0.4 is 4.74 Å². The molecule has 0 spiro atoms. The Bertz CT molecular complexity index is 578. The van der Waals surface area contributed by atoms with Crippen molar-refractivity contribution in [1.82, 2.24) is 4.90 Å². The highest BCUT2D eigenvalue weighted by Crippen LogP contribution is 2.26. The van der Waals surface area contributed by atoms with E-state index in [1.54, 1.807) is 7.11 Å². The average Bonchev–Trinajstić information content (AvgIpc) is 2.88. The van der Waals surface area contributed by atoms with Crippen LogP contribution in [0.4, 0.5) is 0 Å². The molecule has 0 bridgehead atoms. The van der Waals surface area contributed by atoms with Gasteiger partial charge in [0.1, 0.15) is 17.1 Å². The van der Waals surface area contributed by atoms with Crippen LogP contribution in [0.5, 0.6) is 5.75 Å². The van der Waals surface area contributed by atoms with Crippen LogP contribution in [-0.2, 0) is 6.54 Å². The fourth-order valence-corrected chi connectivity index (χ4v) is 2.95. The first-order valence-corrected chi connectivity index (χ1v) is 7.18. The van der Waals surface area contributed by atoms with Crippen molar-refractivity contribution < 1.29 is 14.3 Å². The number of nitrogens with zero attached hydrogens (tertiary/aromatic N) is 1. The molecule has 1 saturated heterocycles. The Morgan fingerprint density at radius 2 is 2.30 bits per heavy atom. The van der Waals surface area contributed by atoms with E-state index in [1.165, 1.54) is 0 Å². The molecule has 1 atom stereocenters. The lowest BCUT2D eigenvalue weighted by atomic mass is 9.99. The average molecular weight is 275 g/mol. The smallest absolute Gasteiger partial charge is 0.134 e. The van der Waals surface area contributed by atoms with Crippen LogP contribution >= 0.6 is 0 Å². The molecule has 1 aromatic carbocycles. The summed E-state index contributed by atoms with van der Waals surface area (Å²) in [4.78, 5) is 2.36. The van der Waals surface area contributed by atoms with Crippen molar-refractivity contribution in [3.8, 4) is 5.75 Å². The molecule has 4 heteroatoms. The Hall–Kier alpha value is -1.52. The fourth-order valence-electron chi connectivity index (χ4n) is 2.95. The van der Waals surface area contributed by atoms with Gasteiger partial charge in [0, 0.05) is 18.5 Å². The Kier molecular flexibility index (Phi) is 3.94. The van der Waals surface area contributed by atoms with E-state index in [9.17, 15) is 5.11 Å². The highest BCUT2D eigenvalue weighted by molar-refractivity contribution is 5.79. The predicted molar refractivity (Wildman–Crippen MR) is 77.9 cm³/mol. The third-order valence-electron chi connectivity index (χ3n) is 4.02. The Morgan fingerprint density at radius 1 is 1.40 bits per heavy atom. The standard InChI is InChI=1S/C16H21NO3/c1-19-14-4-5-16-13(7-14)8-15(20-16)10-17-6-2-3-12(9-17)11-18/h4-5,7-8,12,18H,2-3,6,9-11H2,1H3. The molecule has 4 nitrogen and oxygen atoms in total. The molecule has 3 rings (SSSR count). The molecule has 0 radical (unpaired) electrons. The van der Waals surface area contributed by atoms with Crippen LogP contribution in [0.2, 0.25) is 0 Å². The second-order valence-corrected chi connectivity index (χ2v) is 5.54. The molecule has 2 heterocycles. The van der Waals surface area contributed by atoms with Crippen LogP contribution in [0.15, 0.2) is 28.7 Å². The van der Waals surface area contributed by atoms with Crippen molar-refractivity contribution in [1.29, 1.82) is 0 Å². The van der Waals surface area contributed by atoms with Crippen LogP contribution in [0.1, 0.15) is 18.6 Å². The van der Waals surface area contributed by atoms with Crippen LogP contribution in [0, 0.1) is 5.92 Å². The van der Waals surface area contributed by atoms with Gasteiger partial charge in [-0.3, -0.25) is 4.90 Å². The lowest BCUT2D eigenvalue weighted by molar-refractivity contribution is 0.111. The van der Waals surface area contributed by atoms with Crippen molar-refractivity contribution in [3.63, 3.8) is 0 Å². The second kappa shape index (κ2) is 5.85. The summed E-state index contributed by atoms with van der Waals surface area (Å²) in [5.74, 6) is 2.24. The van der Waals surface area contributed by atoms with Gasteiger partial charge in [0.05, 0.1) is 13.7 Å². The van der Waals surface area contributed by atoms with Crippen molar-refractivity contribution >= 4 is 11.0 Å². The van der Waals surface area contributed by atoms with E-state index >= 15 is 0 Å². The number of ether oxygens (including phenoxy) is 1. The lowest BCUT2D eigenvalue weighted by Gasteiger charge is -2.30. The highest BCUT2D eigenvalue weighted by atomic mass is 16.5. The SMILES string of the molecule is COc1ccc2oc(CN3CCCC(CO)C3)cc2c1. The molecule has 0 aliphatic carbocycles. The number of likely N-dealkylation sites (tertiary alicyclic amines) is 1. The molecule has 1 aliphatic rings. The molecule has 20 heavy (non-hydrogen) atoms. The lowest BCUT2D eigenvalue weighted by Crippen LogP contribution is -2.36.